The smallest absolute Gasteiger partial charge is 0.307 e. The van der Waals surface area contributed by atoms with Gasteiger partial charge < -0.3 is 5.11 Å². The van der Waals surface area contributed by atoms with Gasteiger partial charge in [-0.2, -0.15) is 0 Å². The van der Waals surface area contributed by atoms with Crippen molar-refractivity contribution in [3.05, 3.63) is 64.5 Å². The quantitative estimate of drug-likeness (QED) is 0.526. The van der Waals surface area contributed by atoms with Crippen LogP contribution in [-0.4, -0.2) is 16.1 Å². The van der Waals surface area contributed by atoms with Crippen LogP contribution < -0.4 is 0 Å². The number of benzene rings is 2. The number of hydrogen-bond donors (Lipinski definition) is 1. The Labute approximate surface area is 146 Å². The fraction of sp³-hybridized carbons (Fsp3) is 0.0526. The zero-order chi connectivity index (χ0) is 16.5. The molecule has 0 aliphatic carbocycles. The Morgan fingerprint density at radius 1 is 1.08 bits per heavy atom. The first-order valence-electron chi connectivity index (χ1n) is 7.45. The van der Waals surface area contributed by atoms with Crippen LogP contribution in [-0.2, 0) is 4.79 Å². The molecular formula is C19H13NO2S2. The van der Waals surface area contributed by atoms with Crippen LogP contribution in [0.3, 0.4) is 0 Å². The van der Waals surface area contributed by atoms with Gasteiger partial charge in [-0.1, -0.05) is 30.3 Å². The first-order chi connectivity index (χ1) is 11.7. The SMILES string of the molecule is O=C(O)CC(=Cc1csc2ccccc12)c1nc2ccccc2s1. The number of rotatable bonds is 4. The van der Waals surface area contributed by atoms with Crippen molar-refractivity contribution in [2.75, 3.05) is 0 Å². The minimum absolute atomic E-state index is 0.0377. The number of aromatic nitrogens is 1. The van der Waals surface area contributed by atoms with Crippen molar-refractivity contribution in [2.45, 2.75) is 6.42 Å². The Morgan fingerprint density at radius 2 is 1.83 bits per heavy atom. The third-order valence-electron chi connectivity index (χ3n) is 3.75. The van der Waals surface area contributed by atoms with Gasteiger partial charge in [0.2, 0.25) is 0 Å². The van der Waals surface area contributed by atoms with Gasteiger partial charge in [0, 0.05) is 4.70 Å². The van der Waals surface area contributed by atoms with Crippen molar-refractivity contribution in [1.29, 1.82) is 0 Å². The van der Waals surface area contributed by atoms with E-state index in [0.717, 1.165) is 31.7 Å². The molecule has 4 rings (SSSR count). The van der Waals surface area contributed by atoms with Gasteiger partial charge in [-0.05, 0) is 46.2 Å². The maximum absolute atomic E-state index is 11.3. The lowest BCUT2D eigenvalue weighted by molar-refractivity contribution is -0.135. The summed E-state index contributed by atoms with van der Waals surface area (Å²) in [5.74, 6) is -0.847. The zero-order valence-electron chi connectivity index (χ0n) is 12.6. The Kier molecular flexibility index (Phi) is 3.88. The minimum Gasteiger partial charge on any atom is -0.481 e. The molecule has 1 N–H and O–H groups in total. The van der Waals surface area contributed by atoms with E-state index in [1.807, 2.05) is 42.5 Å². The molecule has 0 atom stereocenters. The summed E-state index contributed by atoms with van der Waals surface area (Å²) in [7, 11) is 0. The van der Waals surface area contributed by atoms with Crippen molar-refractivity contribution < 1.29 is 9.90 Å². The highest BCUT2D eigenvalue weighted by Gasteiger charge is 2.13. The summed E-state index contributed by atoms with van der Waals surface area (Å²) in [6.45, 7) is 0. The number of carboxylic acid groups (broad SMARTS) is 1. The van der Waals surface area contributed by atoms with E-state index in [0.29, 0.717) is 0 Å². The lowest BCUT2D eigenvalue weighted by Crippen LogP contribution is -1.96. The van der Waals surface area contributed by atoms with Gasteiger partial charge in [0.1, 0.15) is 5.01 Å². The number of thiazole rings is 1. The monoisotopic (exact) mass is 351 g/mol. The average Bonchev–Trinajstić information content (AvgIpc) is 3.18. The molecule has 0 fully saturated rings. The van der Waals surface area contributed by atoms with Crippen LogP contribution >= 0.6 is 22.7 Å². The third-order valence-corrected chi connectivity index (χ3v) is 5.84. The second-order valence-corrected chi connectivity index (χ2v) is 7.36. The number of para-hydroxylation sites is 1. The summed E-state index contributed by atoms with van der Waals surface area (Å²) < 4.78 is 2.27. The Hall–Kier alpha value is -2.50. The van der Waals surface area contributed by atoms with Crippen molar-refractivity contribution in [1.82, 2.24) is 4.98 Å². The first kappa shape index (κ1) is 15.1. The molecule has 0 bridgehead atoms. The fourth-order valence-electron chi connectivity index (χ4n) is 2.66. The second-order valence-electron chi connectivity index (χ2n) is 5.41. The fourth-order valence-corrected chi connectivity index (χ4v) is 4.56. The van der Waals surface area contributed by atoms with Crippen molar-refractivity contribution in [2.24, 2.45) is 0 Å². The molecule has 0 amide bonds. The summed E-state index contributed by atoms with van der Waals surface area (Å²) in [4.78, 5) is 15.9. The van der Waals surface area contributed by atoms with E-state index >= 15 is 0 Å². The largest absolute Gasteiger partial charge is 0.481 e. The first-order valence-corrected chi connectivity index (χ1v) is 9.15. The van der Waals surface area contributed by atoms with Crippen molar-refractivity contribution >= 4 is 60.6 Å². The van der Waals surface area contributed by atoms with Gasteiger partial charge in [-0.25, -0.2) is 4.98 Å². The molecule has 2 heterocycles. The van der Waals surface area contributed by atoms with Crippen LogP contribution in [0.4, 0.5) is 0 Å². The summed E-state index contributed by atoms with van der Waals surface area (Å²) in [5.41, 5.74) is 2.70. The zero-order valence-corrected chi connectivity index (χ0v) is 14.2. The van der Waals surface area contributed by atoms with E-state index in [1.54, 1.807) is 11.3 Å². The van der Waals surface area contributed by atoms with Crippen LogP contribution in [0.1, 0.15) is 17.0 Å². The number of hydrogen-bond acceptors (Lipinski definition) is 4. The molecule has 5 heteroatoms. The molecule has 0 aliphatic rings. The summed E-state index contributed by atoms with van der Waals surface area (Å²) in [5, 5.41) is 13.3. The highest BCUT2D eigenvalue weighted by molar-refractivity contribution is 7.19. The number of fused-ring (bicyclic) bond motifs is 2. The van der Waals surface area contributed by atoms with Crippen LogP contribution in [0, 0.1) is 0 Å². The average molecular weight is 351 g/mol. The number of carbonyl (C=O) groups is 1. The van der Waals surface area contributed by atoms with E-state index in [-0.39, 0.29) is 6.42 Å². The van der Waals surface area contributed by atoms with Gasteiger partial charge in [0.05, 0.1) is 16.6 Å². The molecule has 0 spiro atoms. The highest BCUT2D eigenvalue weighted by atomic mass is 32.1. The molecule has 118 valence electrons. The Bertz CT molecular complexity index is 1040. The summed E-state index contributed by atoms with van der Waals surface area (Å²) >= 11 is 3.20. The van der Waals surface area contributed by atoms with Crippen molar-refractivity contribution in [3.8, 4) is 0 Å². The predicted octanol–water partition coefficient (Wildman–Crippen LogP) is 5.53. The van der Waals surface area contributed by atoms with Gasteiger partial charge in [0.25, 0.3) is 0 Å². The number of aliphatic carboxylic acids is 1. The maximum Gasteiger partial charge on any atom is 0.307 e. The molecule has 0 radical (unpaired) electrons. The number of carboxylic acids is 1. The molecule has 4 aromatic rings. The van der Waals surface area contributed by atoms with Crippen molar-refractivity contribution in [3.63, 3.8) is 0 Å². The van der Waals surface area contributed by atoms with Gasteiger partial charge in [-0.15, -0.1) is 22.7 Å². The topological polar surface area (TPSA) is 50.2 Å². The van der Waals surface area contributed by atoms with Gasteiger partial charge in [-0.3, -0.25) is 4.79 Å². The second kappa shape index (κ2) is 6.19. The van der Waals surface area contributed by atoms with Gasteiger partial charge >= 0.3 is 5.97 Å². The van der Waals surface area contributed by atoms with E-state index < -0.39 is 5.97 Å². The van der Waals surface area contributed by atoms with Crippen LogP contribution in [0.5, 0.6) is 0 Å². The van der Waals surface area contributed by atoms with E-state index in [4.69, 9.17) is 0 Å². The Balaban J connectivity index is 1.85. The molecule has 0 aliphatic heterocycles. The Morgan fingerprint density at radius 3 is 2.62 bits per heavy atom. The third kappa shape index (κ3) is 2.84. The summed E-state index contributed by atoms with van der Waals surface area (Å²) in [6, 6.07) is 16.0. The molecule has 0 saturated heterocycles. The van der Waals surface area contributed by atoms with E-state index in [1.165, 1.54) is 16.0 Å². The minimum atomic E-state index is -0.847. The number of thiophene rings is 1. The maximum atomic E-state index is 11.3. The molecule has 0 unspecified atom stereocenters. The number of nitrogens with zero attached hydrogens (tertiary/aromatic N) is 1. The van der Waals surface area contributed by atoms with Crippen LogP contribution in [0.15, 0.2) is 53.9 Å². The van der Waals surface area contributed by atoms with E-state index in [9.17, 15) is 9.90 Å². The highest BCUT2D eigenvalue weighted by Crippen LogP contribution is 2.33. The lowest BCUT2D eigenvalue weighted by Gasteiger charge is -2.01. The van der Waals surface area contributed by atoms with Crippen LogP contribution in [0.2, 0.25) is 0 Å². The normalized spacial score (nSPS) is 12.1. The molecular weight excluding hydrogens is 338 g/mol. The standard InChI is InChI=1S/C19H13NO2S2/c21-18(22)10-12(19-20-15-6-2-4-8-17(15)24-19)9-13-11-23-16-7-3-1-5-14(13)16/h1-9,11H,10H2,(H,21,22). The molecule has 2 aromatic heterocycles. The van der Waals surface area contributed by atoms with Gasteiger partial charge in [0.15, 0.2) is 0 Å². The lowest BCUT2D eigenvalue weighted by atomic mass is 10.1. The molecule has 3 nitrogen and oxygen atoms in total. The predicted molar refractivity (Wildman–Crippen MR) is 102 cm³/mol. The molecule has 2 aromatic carbocycles. The van der Waals surface area contributed by atoms with Crippen LogP contribution in [0.25, 0.3) is 32.0 Å². The molecule has 0 saturated carbocycles. The summed E-state index contributed by atoms with van der Waals surface area (Å²) in [6.07, 6.45) is 1.93. The van der Waals surface area contributed by atoms with E-state index in [2.05, 4.69) is 22.5 Å². The molecule has 24 heavy (non-hydrogen) atoms.